The molecule has 0 atom stereocenters. The van der Waals surface area contributed by atoms with E-state index in [0.717, 1.165) is 12.8 Å². The molecule has 5 heteroatoms. The first-order valence-electron chi connectivity index (χ1n) is 5.02. The number of carbonyl (C=O) groups excluding carboxylic acids is 2. The Hall–Kier alpha value is -1.52. The predicted octanol–water partition coefficient (Wildman–Crippen LogP) is 1.30. The van der Waals surface area contributed by atoms with E-state index >= 15 is 0 Å². The van der Waals surface area contributed by atoms with E-state index in [9.17, 15) is 9.59 Å². The molecule has 0 saturated carbocycles. The second-order valence-electron chi connectivity index (χ2n) is 3.14. The number of cyclic esters (lactones) is 1. The van der Waals surface area contributed by atoms with E-state index in [-0.39, 0.29) is 0 Å². The Balaban J connectivity index is 2.24. The molecule has 15 heavy (non-hydrogen) atoms. The minimum atomic E-state index is -0.428. The van der Waals surface area contributed by atoms with Gasteiger partial charge in [0.2, 0.25) is 0 Å². The lowest BCUT2D eigenvalue weighted by molar-refractivity contribution is -0.137. The molecule has 1 saturated heterocycles. The molecule has 0 unspecified atom stereocenters. The van der Waals surface area contributed by atoms with Crippen LogP contribution >= 0.6 is 0 Å². The lowest BCUT2D eigenvalue weighted by Gasteiger charge is -2.04. The van der Waals surface area contributed by atoms with Gasteiger partial charge in [-0.05, 0) is 6.42 Å². The lowest BCUT2D eigenvalue weighted by Crippen LogP contribution is -2.17. The maximum absolute atomic E-state index is 11.1. The smallest absolute Gasteiger partial charge is 0.413 e. The van der Waals surface area contributed by atoms with Crippen molar-refractivity contribution in [2.45, 2.75) is 19.8 Å². The number of nitrogens with zero attached hydrogens (tertiary/aromatic N) is 1. The third-order valence-corrected chi connectivity index (χ3v) is 1.93. The fourth-order valence-electron chi connectivity index (χ4n) is 1.06. The minimum absolute atomic E-state index is 0.369. The number of amides is 1. The SMILES string of the molecule is CCCCOC(=O)/C=C/N1CCOC1=O. The number of hydrogen-bond donors (Lipinski definition) is 0. The molecule has 1 amide bonds. The molecule has 5 nitrogen and oxygen atoms in total. The highest BCUT2D eigenvalue weighted by molar-refractivity contribution is 5.82. The summed E-state index contributed by atoms with van der Waals surface area (Å²) in [5.74, 6) is -0.428. The normalized spacial score (nSPS) is 15.8. The molecule has 0 aliphatic carbocycles. The van der Waals surface area contributed by atoms with Crippen molar-refractivity contribution in [3.63, 3.8) is 0 Å². The van der Waals surface area contributed by atoms with Gasteiger partial charge in [0.25, 0.3) is 0 Å². The van der Waals surface area contributed by atoms with Crippen LogP contribution in [0.3, 0.4) is 0 Å². The Morgan fingerprint density at radius 1 is 1.67 bits per heavy atom. The fourth-order valence-corrected chi connectivity index (χ4v) is 1.06. The van der Waals surface area contributed by atoms with Crippen LogP contribution in [-0.2, 0) is 14.3 Å². The maximum atomic E-state index is 11.1. The molecule has 0 radical (unpaired) electrons. The largest absolute Gasteiger partial charge is 0.462 e. The van der Waals surface area contributed by atoms with Gasteiger partial charge >= 0.3 is 12.1 Å². The Kier molecular flexibility index (Phi) is 4.66. The molecule has 1 rings (SSSR count). The quantitative estimate of drug-likeness (QED) is 0.392. The van der Waals surface area contributed by atoms with Crippen LogP contribution in [0.1, 0.15) is 19.8 Å². The first-order valence-corrected chi connectivity index (χ1v) is 5.02. The van der Waals surface area contributed by atoms with Gasteiger partial charge < -0.3 is 9.47 Å². The zero-order valence-electron chi connectivity index (χ0n) is 8.77. The first-order chi connectivity index (χ1) is 7.24. The van der Waals surface area contributed by atoms with E-state index in [1.807, 2.05) is 6.92 Å². The van der Waals surface area contributed by atoms with E-state index in [4.69, 9.17) is 4.74 Å². The zero-order chi connectivity index (χ0) is 11.1. The number of rotatable bonds is 5. The monoisotopic (exact) mass is 213 g/mol. The minimum Gasteiger partial charge on any atom is -0.462 e. The summed E-state index contributed by atoms with van der Waals surface area (Å²) in [6.45, 7) is 3.29. The number of carbonyl (C=O) groups is 2. The van der Waals surface area contributed by atoms with Gasteiger partial charge in [0.05, 0.1) is 13.2 Å². The van der Waals surface area contributed by atoms with Crippen LogP contribution in [0.15, 0.2) is 12.3 Å². The standard InChI is InChI=1S/C10H15NO4/c1-2-3-7-14-9(12)4-5-11-6-8-15-10(11)13/h4-5H,2-3,6-8H2,1H3/b5-4+. The third kappa shape index (κ3) is 4.01. The van der Waals surface area contributed by atoms with Gasteiger partial charge in [-0.15, -0.1) is 0 Å². The number of esters is 1. The second-order valence-corrected chi connectivity index (χ2v) is 3.14. The second kappa shape index (κ2) is 6.06. The van der Waals surface area contributed by atoms with Gasteiger partial charge in [0.15, 0.2) is 0 Å². The molecule has 0 bridgehead atoms. The molecule has 0 aromatic carbocycles. The summed E-state index contributed by atoms with van der Waals surface area (Å²) >= 11 is 0. The zero-order valence-corrected chi connectivity index (χ0v) is 8.77. The van der Waals surface area contributed by atoms with Gasteiger partial charge in [0.1, 0.15) is 6.61 Å². The first kappa shape index (κ1) is 11.6. The summed E-state index contributed by atoms with van der Waals surface area (Å²) in [6, 6.07) is 0. The van der Waals surface area contributed by atoms with Crippen LogP contribution < -0.4 is 0 Å². The molecule has 1 aliphatic heterocycles. The number of unbranched alkanes of at least 4 members (excludes halogenated alkanes) is 1. The van der Waals surface area contributed by atoms with Gasteiger partial charge in [-0.1, -0.05) is 13.3 Å². The predicted molar refractivity (Wildman–Crippen MR) is 53.1 cm³/mol. The molecule has 1 heterocycles. The van der Waals surface area contributed by atoms with Crippen LogP contribution in [0.2, 0.25) is 0 Å². The molecule has 1 aliphatic rings. The van der Waals surface area contributed by atoms with Crippen molar-refractivity contribution in [1.82, 2.24) is 4.90 Å². The highest BCUT2D eigenvalue weighted by Gasteiger charge is 2.19. The number of ether oxygens (including phenoxy) is 2. The molecule has 0 N–H and O–H groups in total. The highest BCUT2D eigenvalue weighted by atomic mass is 16.6. The molecule has 84 valence electrons. The van der Waals surface area contributed by atoms with E-state index in [2.05, 4.69) is 4.74 Å². The van der Waals surface area contributed by atoms with E-state index < -0.39 is 12.1 Å². The maximum Gasteiger partial charge on any atom is 0.413 e. The highest BCUT2D eigenvalue weighted by Crippen LogP contribution is 2.03. The molecule has 0 aromatic rings. The van der Waals surface area contributed by atoms with Crippen LogP contribution in [0.25, 0.3) is 0 Å². The summed E-state index contributed by atoms with van der Waals surface area (Å²) in [5.41, 5.74) is 0. The van der Waals surface area contributed by atoms with Crippen molar-refractivity contribution >= 4 is 12.1 Å². The molecular formula is C10H15NO4. The van der Waals surface area contributed by atoms with Crippen molar-refractivity contribution in [2.75, 3.05) is 19.8 Å². The Morgan fingerprint density at radius 3 is 3.07 bits per heavy atom. The number of hydrogen-bond acceptors (Lipinski definition) is 4. The van der Waals surface area contributed by atoms with Gasteiger partial charge in [-0.3, -0.25) is 4.90 Å². The van der Waals surface area contributed by atoms with Crippen molar-refractivity contribution in [2.24, 2.45) is 0 Å². The van der Waals surface area contributed by atoms with Crippen LogP contribution in [0.5, 0.6) is 0 Å². The van der Waals surface area contributed by atoms with E-state index in [1.165, 1.54) is 17.2 Å². The van der Waals surface area contributed by atoms with Gasteiger partial charge in [-0.25, -0.2) is 9.59 Å². The summed E-state index contributed by atoms with van der Waals surface area (Å²) in [4.78, 5) is 23.4. The van der Waals surface area contributed by atoms with Gasteiger partial charge in [0, 0.05) is 12.3 Å². The van der Waals surface area contributed by atoms with Crippen LogP contribution in [0, 0.1) is 0 Å². The Labute approximate surface area is 88.6 Å². The van der Waals surface area contributed by atoms with E-state index in [1.54, 1.807) is 0 Å². The van der Waals surface area contributed by atoms with Crippen molar-refractivity contribution in [1.29, 1.82) is 0 Å². The van der Waals surface area contributed by atoms with Crippen molar-refractivity contribution in [3.05, 3.63) is 12.3 Å². The van der Waals surface area contributed by atoms with Crippen molar-refractivity contribution < 1.29 is 19.1 Å². The topological polar surface area (TPSA) is 55.8 Å². The summed E-state index contributed by atoms with van der Waals surface area (Å²) in [6.07, 6.45) is 4.04. The molecule has 0 aromatic heterocycles. The lowest BCUT2D eigenvalue weighted by atomic mass is 10.4. The Bertz CT molecular complexity index is 262. The molecular weight excluding hydrogens is 198 g/mol. The third-order valence-electron chi connectivity index (χ3n) is 1.93. The van der Waals surface area contributed by atoms with Gasteiger partial charge in [-0.2, -0.15) is 0 Å². The molecule has 1 fully saturated rings. The summed E-state index contributed by atoms with van der Waals surface area (Å²) in [5, 5.41) is 0. The Morgan fingerprint density at radius 2 is 2.47 bits per heavy atom. The summed E-state index contributed by atoms with van der Waals surface area (Å²) in [7, 11) is 0. The fraction of sp³-hybridized carbons (Fsp3) is 0.600. The molecule has 0 spiro atoms. The van der Waals surface area contributed by atoms with Crippen LogP contribution in [-0.4, -0.2) is 36.7 Å². The van der Waals surface area contributed by atoms with Crippen LogP contribution in [0.4, 0.5) is 4.79 Å². The van der Waals surface area contributed by atoms with Crippen molar-refractivity contribution in [3.8, 4) is 0 Å². The summed E-state index contributed by atoms with van der Waals surface area (Å²) < 4.78 is 9.55. The average molecular weight is 213 g/mol. The van der Waals surface area contributed by atoms with E-state index in [0.29, 0.717) is 19.8 Å². The average Bonchev–Trinajstić information content (AvgIpc) is 2.61.